The highest BCUT2D eigenvalue weighted by molar-refractivity contribution is 6.02. The maximum absolute atomic E-state index is 14.8. The molecular formula is C60H84Cl2N8O10. The largest absolute Gasteiger partial charge is 0.508 e. The smallest absolute Gasteiger partial charge is 0.246 e. The molecule has 0 bridgehead atoms. The molecule has 2 fully saturated rings. The summed E-state index contributed by atoms with van der Waals surface area (Å²) in [4.78, 5) is 117. The van der Waals surface area contributed by atoms with Gasteiger partial charge in [-0.3, -0.25) is 38.4 Å². The molecule has 4 aliphatic rings. The minimum Gasteiger partial charge on any atom is -0.508 e. The fourth-order valence-corrected chi connectivity index (χ4v) is 11.7. The summed E-state index contributed by atoms with van der Waals surface area (Å²) in [5, 5.41) is 39.2. The number of carbonyl (C=O) groups is 8. The summed E-state index contributed by atoms with van der Waals surface area (Å²) in [5.74, 6) is -3.65. The number of Topliss-reactive ketones (excluding diaryl/α,β-unsaturated/α-hetero) is 2. The predicted octanol–water partition coefficient (Wildman–Crippen LogP) is 6.19. The first-order chi connectivity index (χ1) is 36.8. The van der Waals surface area contributed by atoms with Crippen molar-refractivity contribution in [3.05, 3.63) is 94.0 Å². The van der Waals surface area contributed by atoms with Gasteiger partial charge in [0.1, 0.15) is 35.7 Å². The maximum Gasteiger partial charge on any atom is 0.246 e. The minimum absolute atomic E-state index is 0. The Hall–Kier alpha value is -6.08. The number of carbonyl (C=O) groups excluding carboxylic acids is 8. The summed E-state index contributed by atoms with van der Waals surface area (Å²) in [6, 6.07) is 10.9. The Bertz CT molecular complexity index is 2600. The second-order valence-electron chi connectivity index (χ2n) is 24.3. The first kappa shape index (κ1) is 64.7. The molecule has 6 amide bonds. The van der Waals surface area contributed by atoms with Gasteiger partial charge in [-0.15, -0.1) is 24.8 Å². The third kappa shape index (κ3) is 14.9. The van der Waals surface area contributed by atoms with Crippen molar-refractivity contribution in [2.24, 2.45) is 22.7 Å². The van der Waals surface area contributed by atoms with Gasteiger partial charge in [-0.2, -0.15) is 0 Å². The van der Waals surface area contributed by atoms with E-state index < -0.39 is 94.6 Å². The van der Waals surface area contributed by atoms with Gasteiger partial charge in [0.2, 0.25) is 35.4 Å². The lowest BCUT2D eigenvalue weighted by Crippen LogP contribution is -2.59. The van der Waals surface area contributed by atoms with Crippen molar-refractivity contribution in [2.75, 3.05) is 27.2 Å². The van der Waals surface area contributed by atoms with E-state index in [4.69, 9.17) is 0 Å². The second kappa shape index (κ2) is 27.1. The minimum atomic E-state index is -1.01. The third-order valence-corrected chi connectivity index (χ3v) is 16.5. The summed E-state index contributed by atoms with van der Waals surface area (Å²) in [6.07, 6.45) is 4.29. The Morgan fingerprint density at radius 1 is 0.575 bits per heavy atom. The highest BCUT2D eigenvalue weighted by Crippen LogP contribution is 2.39. The van der Waals surface area contributed by atoms with Crippen molar-refractivity contribution in [3.8, 4) is 11.5 Å². The number of phenolic OH excluding ortho intramolecular Hbond substituents is 2. The number of halogens is 2. The molecule has 18 nitrogen and oxygen atoms in total. The van der Waals surface area contributed by atoms with Crippen molar-refractivity contribution in [1.29, 1.82) is 0 Å². The Morgan fingerprint density at radius 2 is 0.938 bits per heavy atom. The number of fused-ring (bicyclic) bond motifs is 2. The van der Waals surface area contributed by atoms with Crippen LogP contribution in [0.4, 0.5) is 0 Å². The van der Waals surface area contributed by atoms with Crippen LogP contribution in [0, 0.1) is 22.7 Å². The zero-order valence-corrected chi connectivity index (χ0v) is 49.5. The van der Waals surface area contributed by atoms with E-state index in [1.807, 2.05) is 53.7 Å². The number of phenols is 2. The van der Waals surface area contributed by atoms with Gasteiger partial charge >= 0.3 is 0 Å². The van der Waals surface area contributed by atoms with Gasteiger partial charge in [-0.05, 0) is 142 Å². The van der Waals surface area contributed by atoms with Crippen LogP contribution in [-0.2, 0) is 41.6 Å². The molecule has 0 radical (unpaired) electrons. The molecule has 2 aliphatic heterocycles. The molecule has 7 rings (SSSR count). The van der Waals surface area contributed by atoms with Crippen LogP contribution < -0.4 is 31.9 Å². The van der Waals surface area contributed by atoms with E-state index in [-0.39, 0.29) is 110 Å². The van der Waals surface area contributed by atoms with Crippen LogP contribution in [0.2, 0.25) is 0 Å². The van der Waals surface area contributed by atoms with Crippen LogP contribution in [0.25, 0.3) is 0 Å². The molecule has 3 aromatic carbocycles. The molecule has 0 saturated carbocycles. The van der Waals surface area contributed by atoms with Crippen molar-refractivity contribution < 1.29 is 48.6 Å². The lowest BCUT2D eigenvalue weighted by Gasteiger charge is -2.36. The number of rotatable bonds is 18. The lowest BCUT2D eigenvalue weighted by atomic mass is 9.85. The Kier molecular flexibility index (Phi) is 22.0. The van der Waals surface area contributed by atoms with Crippen LogP contribution >= 0.6 is 24.8 Å². The van der Waals surface area contributed by atoms with Crippen LogP contribution in [0.15, 0.2) is 60.7 Å². The summed E-state index contributed by atoms with van der Waals surface area (Å²) in [7, 11) is 3.29. The molecule has 2 aliphatic carbocycles. The van der Waals surface area contributed by atoms with E-state index in [1.165, 1.54) is 9.80 Å². The van der Waals surface area contributed by atoms with E-state index in [2.05, 4.69) is 31.9 Å². The molecule has 3 aromatic rings. The van der Waals surface area contributed by atoms with Crippen LogP contribution in [0.5, 0.6) is 11.5 Å². The number of hydrogen-bond acceptors (Lipinski definition) is 12. The van der Waals surface area contributed by atoms with Gasteiger partial charge in [0.15, 0.2) is 11.6 Å². The molecule has 80 heavy (non-hydrogen) atoms. The number of ketones is 2. The first-order valence-corrected chi connectivity index (χ1v) is 27.8. The highest BCUT2D eigenvalue weighted by Gasteiger charge is 2.48. The van der Waals surface area contributed by atoms with Gasteiger partial charge in [0, 0.05) is 37.1 Å². The monoisotopic (exact) mass is 1150 g/mol. The predicted molar refractivity (Wildman–Crippen MR) is 310 cm³/mol. The molecule has 0 unspecified atom stereocenters. The molecule has 0 spiro atoms. The first-order valence-electron chi connectivity index (χ1n) is 27.8. The van der Waals surface area contributed by atoms with Crippen LogP contribution in [0.3, 0.4) is 0 Å². The van der Waals surface area contributed by atoms with Crippen molar-refractivity contribution in [2.45, 2.75) is 168 Å². The van der Waals surface area contributed by atoms with Crippen LogP contribution in [-0.4, -0.2) is 130 Å². The average Bonchev–Trinajstić information content (AvgIpc) is 4.03. The molecule has 20 heteroatoms. The van der Waals surface area contributed by atoms with E-state index in [0.717, 1.165) is 35.1 Å². The van der Waals surface area contributed by atoms with Gasteiger partial charge in [-0.25, -0.2) is 0 Å². The zero-order chi connectivity index (χ0) is 57.0. The van der Waals surface area contributed by atoms with E-state index in [0.29, 0.717) is 25.7 Å². The van der Waals surface area contributed by atoms with Gasteiger partial charge in [-0.1, -0.05) is 84.0 Å². The topological polar surface area (TPSA) is 256 Å². The Balaban J connectivity index is 0.00000588. The summed E-state index contributed by atoms with van der Waals surface area (Å²) in [5.41, 5.74) is 2.20. The van der Waals surface area contributed by atoms with Crippen LogP contribution in [0.1, 0.15) is 162 Å². The van der Waals surface area contributed by atoms with Crippen molar-refractivity contribution in [1.82, 2.24) is 41.7 Å². The summed E-state index contributed by atoms with van der Waals surface area (Å²) in [6.45, 7) is 14.5. The average molecular weight is 1150 g/mol. The molecule has 2 saturated heterocycles. The summed E-state index contributed by atoms with van der Waals surface area (Å²) < 4.78 is 0. The fraction of sp³-hybridized carbons (Fsp3) is 0.567. The summed E-state index contributed by atoms with van der Waals surface area (Å²) >= 11 is 0. The number of amides is 6. The number of hydrogen-bond donors (Lipinski definition) is 8. The third-order valence-electron chi connectivity index (χ3n) is 16.5. The Labute approximate surface area is 483 Å². The molecular weight excluding hydrogens is 1060 g/mol. The number of benzene rings is 3. The zero-order valence-electron chi connectivity index (χ0n) is 47.9. The second-order valence-corrected chi connectivity index (χ2v) is 24.3. The van der Waals surface area contributed by atoms with E-state index >= 15 is 0 Å². The SMILES string of the molecule is CN[C@@H](C)C(=O)N[C@H](C(=O)N1C[C@@H](CC(=O)c2cccc(C(=O)C[C@H]3C[C@@H](C(=O)N[C@@H]4CCCc5c(O)cccc54)N(C(=O)[C@@H](NC(=O)[C@H](C)NC)C(C)(C)C)C3)c2)C[C@H]1C(=O)N[C@@H]1CCCc2c(O)cccc21)C(C)(C)C.Cl.Cl. The number of nitrogens with zero attached hydrogens (tertiary/aromatic N) is 2. The maximum atomic E-state index is 14.8. The lowest BCUT2D eigenvalue weighted by molar-refractivity contribution is -0.144. The molecule has 8 N–H and O–H groups in total. The normalized spacial score (nSPS) is 22.1. The molecule has 2 heterocycles. The number of likely N-dealkylation sites (N-methyl/N-ethyl adjacent to an activating group) is 2. The van der Waals surface area contributed by atoms with Gasteiger partial charge < -0.3 is 51.9 Å². The fourth-order valence-electron chi connectivity index (χ4n) is 11.7. The molecule has 0 aromatic heterocycles. The van der Waals surface area contributed by atoms with Crippen molar-refractivity contribution in [3.63, 3.8) is 0 Å². The van der Waals surface area contributed by atoms with Crippen molar-refractivity contribution >= 4 is 71.8 Å². The highest BCUT2D eigenvalue weighted by atomic mass is 35.5. The molecule has 10 atom stereocenters. The van der Waals surface area contributed by atoms with Gasteiger partial charge in [0.05, 0.1) is 24.2 Å². The number of likely N-dealkylation sites (tertiary alicyclic amines) is 2. The quantitative estimate of drug-likeness (QED) is 0.0665. The van der Waals surface area contributed by atoms with E-state index in [1.54, 1.807) is 76.5 Å². The number of nitrogens with one attached hydrogen (secondary N) is 6. The Morgan fingerprint density at radius 3 is 1.29 bits per heavy atom. The standard InChI is InChI=1S/C60H82N8O10.2ClH/c1-33(61-9)53(73)65-51(59(3,4)5)57(77)67-31-35(26-45(67)55(75)63-43-22-12-20-41-39(43)18-14-24-47(41)69)28-49(71)37-16-11-17-38(30-37)50(72)29-36-27-46(56(76)64-44-23-13-21-42-40(44)19-15-25-48(42)70)68(32-36)58(78)52(60(6,7)8)66-54(74)34(2)62-10;;/h11,14-19,24-25,30,33-36,43-46,51-52,61-62,69-70H,12-13,20-23,26-29,31-32H2,1-10H3,(H,63,75)(H,64,76)(H,65,73)(H,66,74);2*1H/t33-,34-,35+,36+,43+,44+,45-,46-,51+,52+;;/m0../s1. The van der Waals surface area contributed by atoms with Gasteiger partial charge in [0.25, 0.3) is 0 Å². The molecule has 438 valence electrons. The van der Waals surface area contributed by atoms with E-state index in [9.17, 15) is 48.6 Å². The number of aromatic hydroxyl groups is 2.